The molecule has 4 nitrogen and oxygen atoms in total. The lowest BCUT2D eigenvalue weighted by molar-refractivity contribution is -0.0224. The van der Waals surface area contributed by atoms with Crippen LogP contribution in [-0.4, -0.2) is 46.2 Å². The molecule has 0 aliphatic rings. The second kappa shape index (κ2) is 8.93. The maximum atomic E-state index is 5.73. The fourth-order valence-electron chi connectivity index (χ4n) is 1.30. The first-order valence-corrected chi connectivity index (χ1v) is 5.90. The van der Waals surface area contributed by atoms with Gasteiger partial charge in [0.1, 0.15) is 0 Å². The van der Waals surface area contributed by atoms with E-state index in [9.17, 15) is 0 Å². The fraction of sp³-hybridized carbons (Fsp3) is 1.00. The Hall–Kier alpha value is -0.160. The lowest BCUT2D eigenvalue weighted by atomic mass is 9.89. The number of ether oxygens (including phenoxy) is 3. The molecule has 0 amide bonds. The van der Waals surface area contributed by atoms with Gasteiger partial charge in [-0.25, -0.2) is 0 Å². The first kappa shape index (κ1) is 15.8. The monoisotopic (exact) mass is 233 g/mol. The van der Waals surface area contributed by atoms with Gasteiger partial charge >= 0.3 is 0 Å². The summed E-state index contributed by atoms with van der Waals surface area (Å²) in [5.41, 5.74) is 5.77. The second-order valence-electron chi connectivity index (χ2n) is 4.92. The summed E-state index contributed by atoms with van der Waals surface area (Å²) in [6.45, 7) is 9.69. The summed E-state index contributed by atoms with van der Waals surface area (Å²) in [6, 6.07) is 0. The first-order chi connectivity index (χ1) is 7.52. The van der Waals surface area contributed by atoms with Crippen LogP contribution in [-0.2, 0) is 14.2 Å². The Balaban J connectivity index is 3.42. The predicted octanol–water partition coefficient (Wildman–Crippen LogP) is 1.43. The van der Waals surface area contributed by atoms with Gasteiger partial charge < -0.3 is 19.9 Å². The minimum absolute atomic E-state index is 0.103. The Morgan fingerprint density at radius 1 is 1.06 bits per heavy atom. The van der Waals surface area contributed by atoms with Gasteiger partial charge in [0.2, 0.25) is 0 Å². The van der Waals surface area contributed by atoms with Crippen molar-refractivity contribution in [3.8, 4) is 0 Å². The van der Waals surface area contributed by atoms with Crippen LogP contribution >= 0.6 is 0 Å². The average Bonchev–Trinajstić information content (AvgIpc) is 2.20. The SMILES string of the molecule is COCCOCCCOC(CN)C(C)(C)C. The molecule has 1 atom stereocenters. The van der Waals surface area contributed by atoms with E-state index in [1.54, 1.807) is 7.11 Å². The van der Waals surface area contributed by atoms with E-state index in [4.69, 9.17) is 19.9 Å². The lowest BCUT2D eigenvalue weighted by Crippen LogP contribution is -2.36. The zero-order valence-corrected chi connectivity index (χ0v) is 11.1. The summed E-state index contributed by atoms with van der Waals surface area (Å²) < 4.78 is 15.9. The largest absolute Gasteiger partial charge is 0.382 e. The van der Waals surface area contributed by atoms with Crippen molar-refractivity contribution in [2.75, 3.05) is 40.1 Å². The van der Waals surface area contributed by atoms with Crippen LogP contribution in [0.4, 0.5) is 0 Å². The molecule has 1 unspecified atom stereocenters. The molecule has 0 fully saturated rings. The predicted molar refractivity (Wildman–Crippen MR) is 65.6 cm³/mol. The highest BCUT2D eigenvalue weighted by Crippen LogP contribution is 2.21. The molecule has 0 radical (unpaired) electrons. The molecule has 0 saturated carbocycles. The molecule has 4 heteroatoms. The van der Waals surface area contributed by atoms with Gasteiger partial charge in [-0.15, -0.1) is 0 Å². The lowest BCUT2D eigenvalue weighted by Gasteiger charge is -2.29. The Morgan fingerprint density at radius 3 is 2.25 bits per heavy atom. The van der Waals surface area contributed by atoms with Crippen LogP contribution in [0.2, 0.25) is 0 Å². The molecular formula is C12H27NO3. The minimum Gasteiger partial charge on any atom is -0.382 e. The Morgan fingerprint density at radius 2 is 1.75 bits per heavy atom. The van der Waals surface area contributed by atoms with Gasteiger partial charge in [0.25, 0.3) is 0 Å². The van der Waals surface area contributed by atoms with Crippen LogP contribution in [0, 0.1) is 5.41 Å². The molecule has 2 N–H and O–H groups in total. The zero-order chi connectivity index (χ0) is 12.4. The van der Waals surface area contributed by atoms with Crippen molar-refractivity contribution in [1.29, 1.82) is 0 Å². The van der Waals surface area contributed by atoms with E-state index in [-0.39, 0.29) is 11.5 Å². The fourth-order valence-corrected chi connectivity index (χ4v) is 1.30. The van der Waals surface area contributed by atoms with Gasteiger partial charge in [0.15, 0.2) is 0 Å². The summed E-state index contributed by atoms with van der Waals surface area (Å²) >= 11 is 0. The molecule has 0 rings (SSSR count). The summed E-state index contributed by atoms with van der Waals surface area (Å²) in [6.07, 6.45) is 1.02. The quantitative estimate of drug-likeness (QED) is 0.612. The molecule has 0 saturated heterocycles. The third-order valence-electron chi connectivity index (χ3n) is 2.36. The summed E-state index contributed by atoms with van der Waals surface area (Å²) in [5, 5.41) is 0. The zero-order valence-electron chi connectivity index (χ0n) is 11.1. The Bertz CT molecular complexity index is 157. The average molecular weight is 233 g/mol. The number of rotatable bonds is 9. The van der Waals surface area contributed by atoms with Gasteiger partial charge in [-0.2, -0.15) is 0 Å². The van der Waals surface area contributed by atoms with Gasteiger partial charge in [-0.3, -0.25) is 0 Å². The molecule has 98 valence electrons. The van der Waals surface area contributed by atoms with Crippen LogP contribution in [0.1, 0.15) is 27.2 Å². The summed E-state index contributed by atoms with van der Waals surface area (Å²) in [5.74, 6) is 0. The van der Waals surface area contributed by atoms with E-state index >= 15 is 0 Å². The summed E-state index contributed by atoms with van der Waals surface area (Å²) in [7, 11) is 1.67. The molecule has 0 aromatic carbocycles. The van der Waals surface area contributed by atoms with Crippen LogP contribution in [0.3, 0.4) is 0 Å². The van der Waals surface area contributed by atoms with Crippen molar-refractivity contribution < 1.29 is 14.2 Å². The van der Waals surface area contributed by atoms with E-state index in [2.05, 4.69) is 20.8 Å². The van der Waals surface area contributed by atoms with E-state index in [0.717, 1.165) is 6.42 Å². The van der Waals surface area contributed by atoms with Crippen LogP contribution in [0.5, 0.6) is 0 Å². The molecule has 0 aromatic heterocycles. The Kier molecular flexibility index (Phi) is 8.84. The van der Waals surface area contributed by atoms with E-state index in [1.165, 1.54) is 0 Å². The molecule has 16 heavy (non-hydrogen) atoms. The number of hydrogen-bond donors (Lipinski definition) is 1. The van der Waals surface area contributed by atoms with Gasteiger partial charge in [-0.1, -0.05) is 20.8 Å². The smallest absolute Gasteiger partial charge is 0.0745 e. The second-order valence-corrected chi connectivity index (χ2v) is 4.92. The van der Waals surface area contributed by atoms with Crippen molar-refractivity contribution in [3.05, 3.63) is 0 Å². The minimum atomic E-state index is 0.103. The molecule has 0 bridgehead atoms. The van der Waals surface area contributed by atoms with Crippen LogP contribution < -0.4 is 5.73 Å². The number of hydrogen-bond acceptors (Lipinski definition) is 4. The highest BCUT2D eigenvalue weighted by Gasteiger charge is 2.23. The normalized spacial score (nSPS) is 14.1. The van der Waals surface area contributed by atoms with E-state index in [0.29, 0.717) is 33.0 Å². The highest BCUT2D eigenvalue weighted by molar-refractivity contribution is 4.74. The van der Waals surface area contributed by atoms with Gasteiger partial charge in [0.05, 0.1) is 19.3 Å². The molecule has 0 aliphatic heterocycles. The maximum absolute atomic E-state index is 5.73. The first-order valence-electron chi connectivity index (χ1n) is 5.90. The van der Waals surface area contributed by atoms with Gasteiger partial charge in [-0.05, 0) is 11.8 Å². The topological polar surface area (TPSA) is 53.7 Å². The van der Waals surface area contributed by atoms with E-state index in [1.807, 2.05) is 0 Å². The molecule has 0 aliphatic carbocycles. The number of nitrogens with two attached hydrogens (primary N) is 1. The highest BCUT2D eigenvalue weighted by atomic mass is 16.5. The van der Waals surface area contributed by atoms with Crippen LogP contribution in [0.15, 0.2) is 0 Å². The third kappa shape index (κ3) is 8.05. The standard InChI is InChI=1S/C12H27NO3/c1-12(2,3)11(10-13)16-7-5-6-15-9-8-14-4/h11H,5-10,13H2,1-4H3. The van der Waals surface area contributed by atoms with E-state index < -0.39 is 0 Å². The van der Waals surface area contributed by atoms with Crippen molar-refractivity contribution in [3.63, 3.8) is 0 Å². The van der Waals surface area contributed by atoms with Crippen LogP contribution in [0.25, 0.3) is 0 Å². The van der Waals surface area contributed by atoms with Crippen molar-refractivity contribution in [1.82, 2.24) is 0 Å². The van der Waals surface area contributed by atoms with Crippen molar-refractivity contribution in [2.24, 2.45) is 11.1 Å². The molecule has 0 aromatic rings. The molecular weight excluding hydrogens is 206 g/mol. The molecule has 0 spiro atoms. The van der Waals surface area contributed by atoms with Crippen molar-refractivity contribution >= 4 is 0 Å². The third-order valence-corrected chi connectivity index (χ3v) is 2.36. The maximum Gasteiger partial charge on any atom is 0.0745 e. The number of methoxy groups -OCH3 is 1. The summed E-state index contributed by atoms with van der Waals surface area (Å²) in [4.78, 5) is 0. The van der Waals surface area contributed by atoms with Crippen molar-refractivity contribution in [2.45, 2.75) is 33.3 Å². The molecule has 0 heterocycles. The van der Waals surface area contributed by atoms with Gasteiger partial charge in [0, 0.05) is 26.9 Å². The Labute approximate surface area is 99.4 Å².